The number of aliphatic hydroxyl groups is 4. The van der Waals surface area contributed by atoms with Gasteiger partial charge in [0, 0.05) is 11.1 Å². The molecule has 4 N–H and O–H groups in total. The lowest BCUT2D eigenvalue weighted by atomic mass is 9.86. The first kappa shape index (κ1) is 21.4. The number of benzene rings is 1. The van der Waals surface area contributed by atoms with Gasteiger partial charge in [-0.2, -0.15) is 0 Å². The second-order valence-electron chi connectivity index (χ2n) is 7.31. The summed E-state index contributed by atoms with van der Waals surface area (Å²) in [6.07, 6.45) is -5.75. The molecular weight excluding hydrogens is 380 g/mol. The minimum Gasteiger partial charge on any atom is -0.457 e. The topological polar surface area (TPSA) is 134 Å². The van der Waals surface area contributed by atoms with E-state index in [0.717, 1.165) is 5.57 Å². The molecule has 1 fully saturated rings. The van der Waals surface area contributed by atoms with E-state index in [1.807, 2.05) is 13.8 Å². The Morgan fingerprint density at radius 2 is 1.66 bits per heavy atom. The predicted molar refractivity (Wildman–Crippen MR) is 101 cm³/mol. The van der Waals surface area contributed by atoms with Crippen LogP contribution in [0.2, 0.25) is 0 Å². The van der Waals surface area contributed by atoms with E-state index in [2.05, 4.69) is 0 Å². The maximum Gasteiger partial charge on any atom is 0.229 e. The van der Waals surface area contributed by atoms with Crippen molar-refractivity contribution in [1.82, 2.24) is 0 Å². The Kier molecular flexibility index (Phi) is 6.30. The van der Waals surface area contributed by atoms with Crippen molar-refractivity contribution < 1.29 is 39.5 Å². The van der Waals surface area contributed by atoms with Gasteiger partial charge in [-0.25, -0.2) is 0 Å². The normalized spacial score (nSPS) is 29.5. The van der Waals surface area contributed by atoms with Gasteiger partial charge in [0.25, 0.3) is 0 Å². The maximum atomic E-state index is 13.0. The SMILES string of the molecule is CC(C)=CCC1=C(O[C@@H]2O[C@@H](CO)[C@@H](O)[C@@H](O)[C@@H]2O)C(=O)c2ccccc2C1=O. The van der Waals surface area contributed by atoms with E-state index in [1.165, 1.54) is 6.07 Å². The van der Waals surface area contributed by atoms with E-state index in [-0.39, 0.29) is 34.7 Å². The molecule has 0 amide bonds. The fourth-order valence-corrected chi connectivity index (χ4v) is 3.30. The number of fused-ring (bicyclic) bond motifs is 1. The Morgan fingerprint density at radius 3 is 2.24 bits per heavy atom. The molecule has 1 saturated heterocycles. The summed E-state index contributed by atoms with van der Waals surface area (Å²) in [5.41, 5.74) is 1.46. The molecular formula is C21H24O8. The largest absolute Gasteiger partial charge is 0.457 e. The highest BCUT2D eigenvalue weighted by molar-refractivity contribution is 6.26. The number of ether oxygens (including phenoxy) is 2. The van der Waals surface area contributed by atoms with Crippen LogP contribution in [0.15, 0.2) is 47.2 Å². The number of Topliss-reactive ketones (excluding diaryl/α,β-unsaturated/α-hetero) is 2. The molecule has 5 atom stereocenters. The number of allylic oxidation sites excluding steroid dienone is 4. The Bertz CT molecular complexity index is 865. The summed E-state index contributed by atoms with van der Waals surface area (Å²) in [4.78, 5) is 26.0. The summed E-state index contributed by atoms with van der Waals surface area (Å²) in [7, 11) is 0. The number of aliphatic hydroxyl groups excluding tert-OH is 4. The van der Waals surface area contributed by atoms with Crippen molar-refractivity contribution in [2.45, 2.75) is 51.0 Å². The summed E-state index contributed by atoms with van der Waals surface area (Å²) in [5, 5.41) is 39.4. The average molecular weight is 404 g/mol. The quantitative estimate of drug-likeness (QED) is 0.521. The van der Waals surface area contributed by atoms with Gasteiger partial charge in [0.2, 0.25) is 12.1 Å². The van der Waals surface area contributed by atoms with E-state index < -0.39 is 43.1 Å². The molecule has 29 heavy (non-hydrogen) atoms. The Morgan fingerprint density at radius 1 is 1.03 bits per heavy atom. The second-order valence-corrected chi connectivity index (χ2v) is 7.31. The summed E-state index contributed by atoms with van der Waals surface area (Å²) in [6, 6.07) is 6.34. The first-order valence-electron chi connectivity index (χ1n) is 9.28. The van der Waals surface area contributed by atoms with Crippen LogP contribution in [0, 0.1) is 0 Å². The molecule has 0 unspecified atom stereocenters. The highest BCUT2D eigenvalue weighted by atomic mass is 16.7. The zero-order valence-corrected chi connectivity index (χ0v) is 16.1. The molecule has 0 spiro atoms. The van der Waals surface area contributed by atoms with Crippen molar-refractivity contribution in [3.8, 4) is 0 Å². The lowest BCUT2D eigenvalue weighted by Crippen LogP contribution is -2.59. The third-order valence-corrected chi connectivity index (χ3v) is 4.97. The van der Waals surface area contributed by atoms with Crippen molar-refractivity contribution >= 4 is 11.6 Å². The fourth-order valence-electron chi connectivity index (χ4n) is 3.30. The number of ketones is 2. The van der Waals surface area contributed by atoms with Crippen molar-refractivity contribution in [1.29, 1.82) is 0 Å². The monoisotopic (exact) mass is 404 g/mol. The van der Waals surface area contributed by atoms with Crippen molar-refractivity contribution in [3.63, 3.8) is 0 Å². The average Bonchev–Trinajstić information content (AvgIpc) is 2.71. The van der Waals surface area contributed by atoms with Crippen molar-refractivity contribution in [2.24, 2.45) is 0 Å². The summed E-state index contributed by atoms with van der Waals surface area (Å²) >= 11 is 0. The molecule has 2 aliphatic rings. The Labute approximate surface area is 167 Å². The molecule has 1 aliphatic heterocycles. The third-order valence-electron chi connectivity index (χ3n) is 4.97. The van der Waals surface area contributed by atoms with Crippen LogP contribution < -0.4 is 0 Å². The molecule has 156 valence electrons. The molecule has 0 radical (unpaired) electrons. The van der Waals surface area contributed by atoms with E-state index in [4.69, 9.17) is 9.47 Å². The van der Waals surface area contributed by atoms with Gasteiger partial charge in [-0.15, -0.1) is 0 Å². The maximum absolute atomic E-state index is 13.0. The summed E-state index contributed by atoms with van der Waals surface area (Å²) in [5.74, 6) is -1.21. The number of hydrogen-bond acceptors (Lipinski definition) is 8. The molecule has 0 bridgehead atoms. The number of carbonyl (C=O) groups is 2. The predicted octanol–water partition coefficient (Wildman–Crippen LogP) is 0.492. The molecule has 0 saturated carbocycles. The van der Waals surface area contributed by atoms with Gasteiger partial charge in [-0.05, 0) is 20.3 Å². The Hall–Kier alpha value is -2.36. The van der Waals surface area contributed by atoms with Crippen LogP contribution in [0.3, 0.4) is 0 Å². The standard InChI is InChI=1S/C21H24O8/c1-10(2)7-8-13-15(23)11-5-3-4-6-12(11)16(24)20(13)29-21-19(27)18(26)17(25)14(9-22)28-21/h3-7,14,17-19,21-22,25-27H,8-9H2,1-2H3/t14-,17+,18+,19-,21-/m0/s1. The summed E-state index contributed by atoms with van der Waals surface area (Å²) in [6.45, 7) is 3.06. The van der Waals surface area contributed by atoms with Gasteiger partial charge in [-0.3, -0.25) is 9.59 Å². The zero-order chi connectivity index (χ0) is 21.3. The number of rotatable bonds is 5. The first-order chi connectivity index (χ1) is 13.8. The molecule has 8 nitrogen and oxygen atoms in total. The van der Waals surface area contributed by atoms with E-state index in [9.17, 15) is 30.0 Å². The van der Waals surface area contributed by atoms with Gasteiger partial charge < -0.3 is 29.9 Å². The molecule has 1 aliphatic carbocycles. The molecule has 8 heteroatoms. The highest BCUT2D eigenvalue weighted by Gasteiger charge is 2.46. The molecule has 0 aromatic heterocycles. The minimum absolute atomic E-state index is 0.104. The van der Waals surface area contributed by atoms with Crippen LogP contribution >= 0.6 is 0 Å². The lowest BCUT2D eigenvalue weighted by molar-refractivity contribution is -0.290. The van der Waals surface area contributed by atoms with Gasteiger partial charge in [0.15, 0.2) is 11.5 Å². The van der Waals surface area contributed by atoms with Gasteiger partial charge in [0.05, 0.1) is 12.2 Å². The minimum atomic E-state index is -1.69. The summed E-state index contributed by atoms with van der Waals surface area (Å²) < 4.78 is 10.9. The van der Waals surface area contributed by atoms with Crippen LogP contribution in [0.1, 0.15) is 41.0 Å². The van der Waals surface area contributed by atoms with E-state index >= 15 is 0 Å². The van der Waals surface area contributed by atoms with E-state index in [1.54, 1.807) is 24.3 Å². The van der Waals surface area contributed by atoms with Crippen LogP contribution in [0.25, 0.3) is 0 Å². The molecule has 1 aromatic carbocycles. The van der Waals surface area contributed by atoms with Crippen LogP contribution in [-0.4, -0.2) is 69.3 Å². The smallest absolute Gasteiger partial charge is 0.229 e. The third kappa shape index (κ3) is 4.03. The molecule has 1 heterocycles. The van der Waals surface area contributed by atoms with E-state index in [0.29, 0.717) is 0 Å². The fraction of sp³-hybridized carbons (Fsp3) is 0.429. The highest BCUT2D eigenvalue weighted by Crippen LogP contribution is 2.32. The molecule has 1 aromatic rings. The van der Waals surface area contributed by atoms with Gasteiger partial charge in [0.1, 0.15) is 24.4 Å². The number of carbonyl (C=O) groups excluding carboxylic acids is 2. The second kappa shape index (κ2) is 8.56. The van der Waals surface area contributed by atoms with Crippen LogP contribution in [0.4, 0.5) is 0 Å². The number of hydrogen-bond donors (Lipinski definition) is 4. The van der Waals surface area contributed by atoms with Crippen LogP contribution in [-0.2, 0) is 9.47 Å². The zero-order valence-electron chi connectivity index (χ0n) is 16.1. The Balaban J connectivity index is 2.00. The van der Waals surface area contributed by atoms with Crippen LogP contribution in [0.5, 0.6) is 0 Å². The molecule has 3 rings (SSSR count). The van der Waals surface area contributed by atoms with Crippen molar-refractivity contribution in [2.75, 3.05) is 6.61 Å². The first-order valence-corrected chi connectivity index (χ1v) is 9.28. The van der Waals surface area contributed by atoms with Crippen molar-refractivity contribution in [3.05, 3.63) is 58.4 Å². The van der Waals surface area contributed by atoms with Gasteiger partial charge >= 0.3 is 0 Å². The van der Waals surface area contributed by atoms with Gasteiger partial charge in [-0.1, -0.05) is 35.9 Å². The lowest BCUT2D eigenvalue weighted by Gasteiger charge is -2.40.